The summed E-state index contributed by atoms with van der Waals surface area (Å²) in [5, 5.41) is 28.2. The van der Waals surface area contributed by atoms with Crippen LogP contribution in [0.4, 0.5) is 0 Å². The molecule has 0 saturated carbocycles. The van der Waals surface area contributed by atoms with E-state index in [0.717, 1.165) is 5.56 Å². The zero-order chi connectivity index (χ0) is 13.2. The SMILES string of the molecule is CCc1cc(OC)c(O)c(C(O)C(=O)O)c1Br. The minimum Gasteiger partial charge on any atom is -0.504 e. The summed E-state index contributed by atoms with van der Waals surface area (Å²) in [6.07, 6.45) is -1.19. The van der Waals surface area contributed by atoms with Gasteiger partial charge in [0.05, 0.1) is 12.7 Å². The molecule has 0 aliphatic heterocycles. The molecular weight excluding hydrogens is 292 g/mol. The van der Waals surface area contributed by atoms with Gasteiger partial charge < -0.3 is 20.1 Å². The lowest BCUT2D eigenvalue weighted by Crippen LogP contribution is -2.12. The van der Waals surface area contributed by atoms with Crippen LogP contribution in [0.5, 0.6) is 11.5 Å². The molecule has 1 aromatic carbocycles. The number of aromatic hydroxyl groups is 1. The molecule has 0 amide bonds. The summed E-state index contributed by atoms with van der Waals surface area (Å²) in [7, 11) is 1.36. The number of rotatable bonds is 4. The van der Waals surface area contributed by atoms with Gasteiger partial charge >= 0.3 is 5.97 Å². The molecule has 5 nitrogen and oxygen atoms in total. The molecule has 0 aromatic heterocycles. The van der Waals surface area contributed by atoms with Gasteiger partial charge in [0.25, 0.3) is 0 Å². The van der Waals surface area contributed by atoms with Crippen LogP contribution in [0.3, 0.4) is 0 Å². The van der Waals surface area contributed by atoms with Gasteiger partial charge in [0, 0.05) is 4.47 Å². The summed E-state index contributed by atoms with van der Waals surface area (Å²) >= 11 is 3.19. The van der Waals surface area contributed by atoms with Crippen LogP contribution in [-0.2, 0) is 11.2 Å². The maximum atomic E-state index is 10.8. The van der Waals surface area contributed by atoms with Crippen LogP contribution in [0.1, 0.15) is 24.2 Å². The third kappa shape index (κ3) is 2.53. The van der Waals surface area contributed by atoms with Crippen LogP contribution in [-0.4, -0.2) is 28.4 Å². The number of carboxylic acid groups (broad SMARTS) is 1. The van der Waals surface area contributed by atoms with Crippen LogP contribution in [0.2, 0.25) is 0 Å². The molecule has 1 rings (SSSR count). The maximum Gasteiger partial charge on any atom is 0.337 e. The van der Waals surface area contributed by atoms with Gasteiger partial charge in [0.15, 0.2) is 17.6 Å². The molecule has 0 spiro atoms. The second-order valence-corrected chi connectivity index (χ2v) is 4.20. The predicted octanol–water partition coefficient (Wildman–Crippen LogP) is 1.84. The fraction of sp³-hybridized carbons (Fsp3) is 0.364. The Labute approximate surface area is 107 Å². The van der Waals surface area contributed by atoms with Crippen molar-refractivity contribution in [2.24, 2.45) is 0 Å². The molecule has 0 aliphatic carbocycles. The Morgan fingerprint density at radius 3 is 2.59 bits per heavy atom. The summed E-state index contributed by atoms with van der Waals surface area (Å²) < 4.78 is 5.32. The Kier molecular flexibility index (Phi) is 4.36. The lowest BCUT2D eigenvalue weighted by Gasteiger charge is -2.16. The highest BCUT2D eigenvalue weighted by atomic mass is 79.9. The lowest BCUT2D eigenvalue weighted by atomic mass is 10.0. The van der Waals surface area contributed by atoms with Gasteiger partial charge in [0.1, 0.15) is 0 Å². The molecule has 0 aliphatic rings. The van der Waals surface area contributed by atoms with E-state index in [0.29, 0.717) is 10.9 Å². The number of methoxy groups -OCH3 is 1. The molecule has 1 unspecified atom stereocenters. The minimum atomic E-state index is -1.80. The van der Waals surface area contributed by atoms with Crippen molar-refractivity contribution in [2.75, 3.05) is 7.11 Å². The highest BCUT2D eigenvalue weighted by Gasteiger charge is 2.26. The topological polar surface area (TPSA) is 87.0 Å². The van der Waals surface area contributed by atoms with Gasteiger partial charge in [-0.2, -0.15) is 0 Å². The average Bonchev–Trinajstić information content (AvgIpc) is 2.29. The first-order valence-corrected chi connectivity index (χ1v) is 5.72. The molecule has 0 heterocycles. The van der Waals surface area contributed by atoms with Gasteiger partial charge in [-0.3, -0.25) is 0 Å². The Bertz CT molecular complexity index is 416. The normalized spacial score (nSPS) is 12.2. The van der Waals surface area contributed by atoms with Crippen molar-refractivity contribution in [3.8, 4) is 11.5 Å². The number of benzene rings is 1. The predicted molar refractivity (Wildman–Crippen MR) is 64.3 cm³/mol. The third-order valence-corrected chi connectivity index (χ3v) is 3.36. The van der Waals surface area contributed by atoms with E-state index >= 15 is 0 Å². The van der Waals surface area contributed by atoms with E-state index in [2.05, 4.69) is 15.9 Å². The van der Waals surface area contributed by atoms with Crippen LogP contribution in [0.25, 0.3) is 0 Å². The summed E-state index contributed by atoms with van der Waals surface area (Å²) in [5.74, 6) is -1.66. The summed E-state index contributed by atoms with van der Waals surface area (Å²) in [6, 6.07) is 1.59. The number of hydrogen-bond acceptors (Lipinski definition) is 4. The smallest absolute Gasteiger partial charge is 0.337 e. The van der Waals surface area contributed by atoms with Crippen molar-refractivity contribution >= 4 is 21.9 Å². The molecule has 6 heteroatoms. The number of phenolic OH excluding ortho intramolecular Hbond substituents is 1. The van der Waals surface area contributed by atoms with E-state index < -0.39 is 12.1 Å². The molecule has 0 saturated heterocycles. The number of hydrogen-bond donors (Lipinski definition) is 3. The van der Waals surface area contributed by atoms with Gasteiger partial charge in [0.2, 0.25) is 0 Å². The van der Waals surface area contributed by atoms with Gasteiger partial charge in [-0.05, 0) is 34.0 Å². The number of aryl methyl sites for hydroxylation is 1. The Balaban J connectivity index is 3.50. The van der Waals surface area contributed by atoms with E-state index in [-0.39, 0.29) is 17.1 Å². The largest absolute Gasteiger partial charge is 0.504 e. The second-order valence-electron chi connectivity index (χ2n) is 3.41. The van der Waals surface area contributed by atoms with Gasteiger partial charge in [-0.25, -0.2) is 4.79 Å². The number of aliphatic hydroxyl groups is 1. The Morgan fingerprint density at radius 1 is 1.59 bits per heavy atom. The number of phenols is 1. The van der Waals surface area contributed by atoms with Crippen LogP contribution in [0, 0.1) is 0 Å². The first-order valence-electron chi connectivity index (χ1n) is 4.93. The molecule has 1 atom stereocenters. The van der Waals surface area contributed by atoms with Gasteiger partial charge in [-0.1, -0.05) is 6.92 Å². The first kappa shape index (κ1) is 13.8. The fourth-order valence-electron chi connectivity index (χ4n) is 1.49. The molecule has 0 bridgehead atoms. The number of carbonyl (C=O) groups is 1. The van der Waals surface area contributed by atoms with Crippen molar-refractivity contribution < 1.29 is 24.9 Å². The highest BCUT2D eigenvalue weighted by Crippen LogP contribution is 2.41. The summed E-state index contributed by atoms with van der Waals surface area (Å²) in [4.78, 5) is 10.8. The number of aliphatic hydroxyl groups excluding tert-OH is 1. The zero-order valence-corrected chi connectivity index (χ0v) is 11.0. The number of aliphatic carboxylic acids is 1. The highest BCUT2D eigenvalue weighted by molar-refractivity contribution is 9.10. The van der Waals surface area contributed by atoms with Crippen molar-refractivity contribution in [3.05, 3.63) is 21.7 Å². The van der Waals surface area contributed by atoms with E-state index in [1.807, 2.05) is 6.92 Å². The number of halogens is 1. The molecular formula is C11H13BrO5. The van der Waals surface area contributed by atoms with E-state index in [4.69, 9.17) is 9.84 Å². The average molecular weight is 305 g/mol. The third-order valence-electron chi connectivity index (χ3n) is 2.42. The first-order chi connectivity index (χ1) is 7.93. The fourth-order valence-corrected chi connectivity index (χ4v) is 2.28. The molecule has 94 valence electrons. The standard InChI is InChI=1S/C11H13BrO5/c1-3-5-4-6(17-2)9(13)7(8(5)12)10(14)11(15)16/h4,10,13-14H,3H2,1-2H3,(H,15,16). The lowest BCUT2D eigenvalue weighted by molar-refractivity contribution is -0.147. The van der Waals surface area contributed by atoms with Crippen molar-refractivity contribution in [1.29, 1.82) is 0 Å². The maximum absolute atomic E-state index is 10.8. The summed E-state index contributed by atoms with van der Waals surface area (Å²) in [6.45, 7) is 1.87. The number of ether oxygens (including phenoxy) is 1. The Hall–Kier alpha value is -1.27. The van der Waals surface area contributed by atoms with Crippen molar-refractivity contribution in [1.82, 2.24) is 0 Å². The van der Waals surface area contributed by atoms with E-state index in [9.17, 15) is 15.0 Å². The minimum absolute atomic E-state index is 0.0892. The van der Waals surface area contributed by atoms with Crippen LogP contribution < -0.4 is 4.74 Å². The van der Waals surface area contributed by atoms with Crippen LogP contribution in [0.15, 0.2) is 10.5 Å². The van der Waals surface area contributed by atoms with Crippen LogP contribution >= 0.6 is 15.9 Å². The zero-order valence-electron chi connectivity index (χ0n) is 9.40. The van der Waals surface area contributed by atoms with Crippen molar-refractivity contribution in [2.45, 2.75) is 19.4 Å². The second kappa shape index (κ2) is 5.37. The number of carboxylic acids is 1. The molecule has 0 radical (unpaired) electrons. The molecule has 3 N–H and O–H groups in total. The quantitative estimate of drug-likeness (QED) is 0.790. The molecule has 1 aromatic rings. The molecule has 17 heavy (non-hydrogen) atoms. The van der Waals surface area contributed by atoms with E-state index in [1.54, 1.807) is 6.07 Å². The Morgan fingerprint density at radius 2 is 2.18 bits per heavy atom. The monoisotopic (exact) mass is 304 g/mol. The summed E-state index contributed by atoms with van der Waals surface area (Å²) in [5.41, 5.74) is 0.656. The van der Waals surface area contributed by atoms with Crippen molar-refractivity contribution in [3.63, 3.8) is 0 Å². The van der Waals surface area contributed by atoms with Gasteiger partial charge in [-0.15, -0.1) is 0 Å². The van der Waals surface area contributed by atoms with E-state index in [1.165, 1.54) is 7.11 Å². The molecule has 0 fully saturated rings.